The number of benzene rings is 2. The van der Waals surface area contributed by atoms with Crippen LogP contribution in [-0.4, -0.2) is 16.4 Å². The van der Waals surface area contributed by atoms with E-state index in [0.717, 1.165) is 35.1 Å². The van der Waals surface area contributed by atoms with Gasteiger partial charge in [0.05, 0.1) is 0 Å². The molecule has 0 amide bonds. The predicted octanol–water partition coefficient (Wildman–Crippen LogP) is 5.20. The molecular formula is C23H30O5. The first-order valence-corrected chi connectivity index (χ1v) is 9.91. The van der Waals surface area contributed by atoms with E-state index in [4.69, 9.17) is 9.47 Å². The zero-order chi connectivity index (χ0) is 20.7. The van der Waals surface area contributed by atoms with Crippen molar-refractivity contribution in [2.45, 2.75) is 66.6 Å². The van der Waals surface area contributed by atoms with Crippen molar-refractivity contribution < 1.29 is 24.5 Å². The molecule has 0 bridgehead atoms. The second-order valence-electron chi connectivity index (χ2n) is 6.66. The van der Waals surface area contributed by atoms with Crippen LogP contribution >= 0.6 is 0 Å². The van der Waals surface area contributed by atoms with E-state index in [1.807, 2.05) is 39.8 Å². The lowest BCUT2D eigenvalue weighted by molar-refractivity contribution is 0.0438. The highest BCUT2D eigenvalue weighted by molar-refractivity contribution is 5.60. The van der Waals surface area contributed by atoms with Crippen molar-refractivity contribution in [1.82, 2.24) is 0 Å². The summed E-state index contributed by atoms with van der Waals surface area (Å²) in [5.41, 5.74) is 5.03. The molecule has 2 aromatic carbocycles. The van der Waals surface area contributed by atoms with Gasteiger partial charge in [0, 0.05) is 11.1 Å². The molecule has 2 aromatic rings. The van der Waals surface area contributed by atoms with Crippen LogP contribution in [0.3, 0.4) is 0 Å². The number of carbonyl (C=O) groups is 1. The van der Waals surface area contributed by atoms with Crippen molar-refractivity contribution in [2.24, 2.45) is 0 Å². The van der Waals surface area contributed by atoms with Gasteiger partial charge in [-0.15, -0.1) is 0 Å². The minimum absolute atomic E-state index is 0.0668. The fourth-order valence-corrected chi connectivity index (χ4v) is 3.45. The number of aromatic hydroxyl groups is 2. The Balaban J connectivity index is 1.99. The SMILES string of the molecule is CCc1ccc(COC(=O)OCc2ccc(CC)c(CC)c2O)c(O)c1CC. The van der Waals surface area contributed by atoms with Gasteiger partial charge in [-0.3, -0.25) is 0 Å². The smallest absolute Gasteiger partial charge is 0.507 e. The van der Waals surface area contributed by atoms with Crippen molar-refractivity contribution in [2.75, 3.05) is 0 Å². The van der Waals surface area contributed by atoms with E-state index < -0.39 is 6.16 Å². The Bertz CT molecular complexity index is 759. The third kappa shape index (κ3) is 4.77. The number of hydrogen-bond acceptors (Lipinski definition) is 5. The van der Waals surface area contributed by atoms with Crippen LogP contribution in [-0.2, 0) is 48.4 Å². The summed E-state index contributed by atoms with van der Waals surface area (Å²) in [6.45, 7) is 7.90. The minimum Gasteiger partial charge on any atom is -0.507 e. The van der Waals surface area contributed by atoms with Gasteiger partial charge in [-0.1, -0.05) is 52.0 Å². The standard InChI is InChI=1S/C23H30O5/c1-5-15-9-11-17(21(24)19(15)7-3)13-27-23(26)28-14-18-12-10-16(6-2)20(8-4)22(18)25/h9-12,24-25H,5-8,13-14H2,1-4H3. The first-order chi connectivity index (χ1) is 13.5. The topological polar surface area (TPSA) is 76.0 Å². The molecule has 0 aromatic heterocycles. The maximum Gasteiger partial charge on any atom is 0.508 e. The lowest BCUT2D eigenvalue weighted by Gasteiger charge is -2.14. The summed E-state index contributed by atoms with van der Waals surface area (Å²) in [6.07, 6.45) is 2.24. The lowest BCUT2D eigenvalue weighted by atomic mass is 9.98. The van der Waals surface area contributed by atoms with E-state index in [1.54, 1.807) is 12.1 Å². The maximum atomic E-state index is 12.0. The van der Waals surface area contributed by atoms with Crippen LogP contribution in [0.4, 0.5) is 4.79 Å². The highest BCUT2D eigenvalue weighted by Crippen LogP contribution is 2.29. The van der Waals surface area contributed by atoms with Gasteiger partial charge in [0.25, 0.3) is 0 Å². The first-order valence-electron chi connectivity index (χ1n) is 9.91. The number of ether oxygens (including phenoxy) is 2. The van der Waals surface area contributed by atoms with Crippen molar-refractivity contribution in [3.8, 4) is 11.5 Å². The molecule has 0 fully saturated rings. The monoisotopic (exact) mass is 386 g/mol. The molecule has 0 unspecified atom stereocenters. The molecule has 0 aliphatic rings. The number of phenols is 2. The average Bonchev–Trinajstić information content (AvgIpc) is 2.71. The quantitative estimate of drug-likeness (QED) is 0.610. The van der Waals surface area contributed by atoms with E-state index >= 15 is 0 Å². The van der Waals surface area contributed by atoms with Crippen LogP contribution in [0.25, 0.3) is 0 Å². The van der Waals surface area contributed by atoms with Gasteiger partial charge in [0.15, 0.2) is 0 Å². The first kappa shape index (κ1) is 21.6. The fourth-order valence-electron chi connectivity index (χ4n) is 3.45. The number of carbonyl (C=O) groups excluding carboxylic acids is 1. The predicted molar refractivity (Wildman–Crippen MR) is 109 cm³/mol. The second-order valence-corrected chi connectivity index (χ2v) is 6.66. The van der Waals surface area contributed by atoms with Gasteiger partial charge in [0.1, 0.15) is 24.7 Å². The van der Waals surface area contributed by atoms with Gasteiger partial charge in [-0.2, -0.15) is 0 Å². The molecule has 0 aliphatic carbocycles. The number of hydrogen-bond donors (Lipinski definition) is 2. The Kier molecular flexibility index (Phi) is 7.73. The Morgan fingerprint density at radius 2 is 1.04 bits per heavy atom. The third-order valence-corrected chi connectivity index (χ3v) is 5.09. The van der Waals surface area contributed by atoms with Gasteiger partial charge in [-0.05, 0) is 47.9 Å². The largest absolute Gasteiger partial charge is 0.508 e. The zero-order valence-corrected chi connectivity index (χ0v) is 17.2. The molecule has 0 aliphatic heterocycles. The second kappa shape index (κ2) is 10.0. The van der Waals surface area contributed by atoms with Crippen LogP contribution in [0.2, 0.25) is 0 Å². The fraction of sp³-hybridized carbons (Fsp3) is 0.435. The van der Waals surface area contributed by atoms with Gasteiger partial charge in [-0.25, -0.2) is 4.79 Å². The Labute approximate surface area is 166 Å². The van der Waals surface area contributed by atoms with Crippen molar-refractivity contribution in [3.05, 3.63) is 57.6 Å². The van der Waals surface area contributed by atoms with E-state index in [1.165, 1.54) is 0 Å². The summed E-state index contributed by atoms with van der Waals surface area (Å²) in [6, 6.07) is 7.43. The molecule has 2 N–H and O–H groups in total. The molecule has 0 atom stereocenters. The van der Waals surface area contributed by atoms with Gasteiger partial charge < -0.3 is 19.7 Å². The van der Waals surface area contributed by atoms with E-state index in [9.17, 15) is 15.0 Å². The summed E-state index contributed by atoms with van der Waals surface area (Å²) >= 11 is 0. The Hall–Kier alpha value is -2.69. The minimum atomic E-state index is -0.839. The normalized spacial score (nSPS) is 10.7. The van der Waals surface area contributed by atoms with Gasteiger partial charge >= 0.3 is 6.16 Å². The van der Waals surface area contributed by atoms with Crippen molar-refractivity contribution in [1.29, 1.82) is 0 Å². The molecule has 0 saturated carbocycles. The van der Waals surface area contributed by atoms with Crippen LogP contribution in [0.1, 0.15) is 61.1 Å². The maximum absolute atomic E-state index is 12.0. The van der Waals surface area contributed by atoms with Crippen molar-refractivity contribution in [3.63, 3.8) is 0 Å². The van der Waals surface area contributed by atoms with E-state index in [-0.39, 0.29) is 24.7 Å². The number of rotatable bonds is 8. The molecule has 152 valence electrons. The molecule has 28 heavy (non-hydrogen) atoms. The summed E-state index contributed by atoms with van der Waals surface area (Å²) in [7, 11) is 0. The Morgan fingerprint density at radius 1 is 0.679 bits per heavy atom. The Morgan fingerprint density at radius 3 is 1.36 bits per heavy atom. The summed E-state index contributed by atoms with van der Waals surface area (Å²) in [5, 5.41) is 20.8. The zero-order valence-electron chi connectivity index (χ0n) is 17.2. The highest BCUT2D eigenvalue weighted by atomic mass is 16.7. The third-order valence-electron chi connectivity index (χ3n) is 5.09. The molecule has 0 heterocycles. The molecule has 0 saturated heterocycles. The summed E-state index contributed by atoms with van der Waals surface area (Å²) in [5.74, 6) is 0.352. The lowest BCUT2D eigenvalue weighted by Crippen LogP contribution is -2.09. The average molecular weight is 386 g/mol. The van der Waals surface area contributed by atoms with Crippen molar-refractivity contribution >= 4 is 6.16 Å². The molecule has 0 radical (unpaired) electrons. The van der Waals surface area contributed by atoms with E-state index in [0.29, 0.717) is 24.0 Å². The summed E-state index contributed by atoms with van der Waals surface area (Å²) < 4.78 is 10.3. The van der Waals surface area contributed by atoms with Crippen LogP contribution in [0, 0.1) is 0 Å². The number of phenolic OH excluding ortho intramolecular Hbond substituents is 2. The van der Waals surface area contributed by atoms with E-state index in [2.05, 4.69) is 0 Å². The molecule has 5 nitrogen and oxygen atoms in total. The van der Waals surface area contributed by atoms with Crippen LogP contribution in [0.15, 0.2) is 24.3 Å². The molecular weight excluding hydrogens is 356 g/mol. The highest BCUT2D eigenvalue weighted by Gasteiger charge is 2.15. The number of aryl methyl sites for hydroxylation is 2. The molecule has 2 rings (SSSR count). The summed E-state index contributed by atoms with van der Waals surface area (Å²) in [4.78, 5) is 12.0. The van der Waals surface area contributed by atoms with Gasteiger partial charge in [0.2, 0.25) is 0 Å². The molecule has 0 spiro atoms. The molecule has 5 heteroatoms. The van der Waals surface area contributed by atoms with Crippen LogP contribution in [0.5, 0.6) is 11.5 Å². The van der Waals surface area contributed by atoms with Crippen LogP contribution < -0.4 is 0 Å².